The predicted molar refractivity (Wildman–Crippen MR) is 77.8 cm³/mol. The van der Waals surface area contributed by atoms with E-state index in [0.717, 1.165) is 0 Å². The molecule has 0 N–H and O–H groups in total. The average Bonchev–Trinajstić information content (AvgIpc) is 2.46. The highest BCUT2D eigenvalue weighted by Crippen LogP contribution is 2.20. The molecule has 0 atom stereocenters. The van der Waals surface area contributed by atoms with E-state index in [9.17, 15) is 9.18 Å². The molecule has 0 bridgehead atoms. The van der Waals surface area contributed by atoms with Crippen molar-refractivity contribution in [2.75, 3.05) is 7.11 Å². The minimum Gasteiger partial charge on any atom is -0.496 e. The number of halogens is 1. The van der Waals surface area contributed by atoms with E-state index in [2.05, 4.69) is 4.99 Å². The lowest BCUT2D eigenvalue weighted by Gasteiger charge is -2.10. The Morgan fingerprint density at radius 3 is 2.71 bits per heavy atom. The van der Waals surface area contributed by atoms with Crippen LogP contribution in [0.3, 0.4) is 0 Å². The number of pyridine rings is 1. The van der Waals surface area contributed by atoms with Gasteiger partial charge in [-0.15, -0.1) is 0 Å². The molecule has 0 saturated carbocycles. The summed E-state index contributed by atoms with van der Waals surface area (Å²) < 4.78 is 19.9. The predicted octanol–water partition coefficient (Wildman–Crippen LogP) is 2.63. The van der Waals surface area contributed by atoms with Crippen LogP contribution in [0, 0.1) is 5.82 Å². The zero-order valence-electron chi connectivity index (χ0n) is 12.2. The Morgan fingerprint density at radius 1 is 1.29 bits per heavy atom. The quantitative estimate of drug-likeness (QED) is 0.871. The SMILES string of the molecule is COc1ccc(F)cc1C(=O)n1ccccc1=NC(C)C. The van der Waals surface area contributed by atoms with Crippen LogP contribution in [0.1, 0.15) is 24.2 Å². The first-order chi connectivity index (χ1) is 10.0. The van der Waals surface area contributed by atoms with Crippen molar-refractivity contribution in [1.82, 2.24) is 4.57 Å². The van der Waals surface area contributed by atoms with Gasteiger partial charge in [-0.05, 0) is 44.2 Å². The Bertz CT molecular complexity index is 720. The van der Waals surface area contributed by atoms with Gasteiger partial charge in [0.1, 0.15) is 17.1 Å². The number of rotatable bonds is 3. The summed E-state index contributed by atoms with van der Waals surface area (Å²) in [6.07, 6.45) is 1.61. The number of benzene rings is 1. The summed E-state index contributed by atoms with van der Waals surface area (Å²) >= 11 is 0. The number of nitrogens with zero attached hydrogens (tertiary/aromatic N) is 2. The van der Waals surface area contributed by atoms with Gasteiger partial charge in [0, 0.05) is 12.2 Å². The van der Waals surface area contributed by atoms with Crippen LogP contribution in [0.2, 0.25) is 0 Å². The van der Waals surface area contributed by atoms with Gasteiger partial charge in [0.2, 0.25) is 0 Å². The molecule has 0 amide bonds. The minimum atomic E-state index is -0.488. The third-order valence-corrected chi connectivity index (χ3v) is 2.84. The zero-order chi connectivity index (χ0) is 15.4. The summed E-state index contributed by atoms with van der Waals surface area (Å²) in [6, 6.07) is 9.16. The van der Waals surface area contributed by atoms with E-state index in [1.807, 2.05) is 13.8 Å². The van der Waals surface area contributed by atoms with Crippen molar-refractivity contribution >= 4 is 5.91 Å². The number of hydrogen-bond acceptors (Lipinski definition) is 3. The van der Waals surface area contributed by atoms with Crippen molar-refractivity contribution in [3.63, 3.8) is 0 Å². The van der Waals surface area contributed by atoms with Gasteiger partial charge in [-0.2, -0.15) is 0 Å². The smallest absolute Gasteiger partial charge is 0.267 e. The molecule has 2 aromatic rings. The average molecular weight is 288 g/mol. The van der Waals surface area contributed by atoms with Crippen molar-refractivity contribution < 1.29 is 13.9 Å². The molecule has 0 aliphatic heterocycles. The molecule has 2 rings (SSSR count). The molecule has 0 radical (unpaired) electrons. The van der Waals surface area contributed by atoms with Crippen molar-refractivity contribution in [2.24, 2.45) is 4.99 Å². The normalized spacial score (nSPS) is 11.8. The van der Waals surface area contributed by atoms with Crippen LogP contribution in [0.4, 0.5) is 4.39 Å². The Labute approximate surface area is 122 Å². The highest BCUT2D eigenvalue weighted by Gasteiger charge is 2.15. The van der Waals surface area contributed by atoms with E-state index < -0.39 is 5.82 Å². The third-order valence-electron chi connectivity index (χ3n) is 2.84. The van der Waals surface area contributed by atoms with E-state index in [-0.39, 0.29) is 17.5 Å². The monoisotopic (exact) mass is 288 g/mol. The zero-order valence-corrected chi connectivity index (χ0v) is 12.2. The molecule has 4 nitrogen and oxygen atoms in total. The minimum absolute atomic E-state index is 0.0425. The third kappa shape index (κ3) is 3.37. The lowest BCUT2D eigenvalue weighted by molar-refractivity contribution is 0.0951. The second-order valence-corrected chi connectivity index (χ2v) is 4.80. The second-order valence-electron chi connectivity index (χ2n) is 4.80. The lowest BCUT2D eigenvalue weighted by Crippen LogP contribution is -2.28. The summed E-state index contributed by atoms with van der Waals surface area (Å²) in [4.78, 5) is 17.0. The molecule has 21 heavy (non-hydrogen) atoms. The van der Waals surface area contributed by atoms with E-state index >= 15 is 0 Å². The number of carbonyl (C=O) groups excluding carboxylic acids is 1. The lowest BCUT2D eigenvalue weighted by atomic mass is 10.1. The van der Waals surface area contributed by atoms with Crippen LogP contribution in [0.25, 0.3) is 0 Å². The van der Waals surface area contributed by atoms with Gasteiger partial charge in [-0.25, -0.2) is 4.39 Å². The van der Waals surface area contributed by atoms with Crippen molar-refractivity contribution in [2.45, 2.75) is 19.9 Å². The van der Waals surface area contributed by atoms with Gasteiger partial charge in [-0.1, -0.05) is 6.07 Å². The largest absolute Gasteiger partial charge is 0.496 e. The topological polar surface area (TPSA) is 43.6 Å². The van der Waals surface area contributed by atoms with E-state index in [1.165, 1.54) is 29.9 Å². The number of hydrogen-bond donors (Lipinski definition) is 0. The van der Waals surface area contributed by atoms with Gasteiger partial charge < -0.3 is 4.74 Å². The fourth-order valence-corrected chi connectivity index (χ4v) is 1.95. The summed E-state index contributed by atoms with van der Waals surface area (Å²) in [5.74, 6) is -0.544. The van der Waals surface area contributed by atoms with E-state index in [1.54, 1.807) is 24.4 Å². The molecule has 0 aliphatic carbocycles. The first-order valence-corrected chi connectivity index (χ1v) is 6.62. The first-order valence-electron chi connectivity index (χ1n) is 6.62. The summed E-state index contributed by atoms with van der Waals surface area (Å²) in [6.45, 7) is 3.84. The molecule has 0 unspecified atom stereocenters. The maximum Gasteiger partial charge on any atom is 0.267 e. The Hall–Kier alpha value is -2.43. The maximum absolute atomic E-state index is 13.4. The Morgan fingerprint density at radius 2 is 2.05 bits per heavy atom. The highest BCUT2D eigenvalue weighted by atomic mass is 19.1. The Kier molecular flexibility index (Phi) is 4.52. The molecular weight excluding hydrogens is 271 g/mol. The van der Waals surface area contributed by atoms with Crippen LogP contribution in [-0.2, 0) is 0 Å². The number of carbonyl (C=O) groups is 1. The van der Waals surface area contributed by atoms with Crippen LogP contribution >= 0.6 is 0 Å². The van der Waals surface area contributed by atoms with Crippen LogP contribution in [-0.4, -0.2) is 23.6 Å². The van der Waals surface area contributed by atoms with Gasteiger partial charge >= 0.3 is 0 Å². The molecule has 0 aliphatic rings. The van der Waals surface area contributed by atoms with Crippen LogP contribution < -0.4 is 10.2 Å². The first kappa shape index (κ1) is 15.0. The van der Waals surface area contributed by atoms with Crippen molar-refractivity contribution in [3.8, 4) is 5.75 Å². The van der Waals surface area contributed by atoms with Gasteiger partial charge in [0.25, 0.3) is 5.91 Å². The summed E-state index contributed by atoms with van der Waals surface area (Å²) in [5.41, 5.74) is 0.678. The number of methoxy groups -OCH3 is 1. The van der Waals surface area contributed by atoms with Crippen LogP contribution in [0.15, 0.2) is 47.6 Å². The van der Waals surface area contributed by atoms with Crippen molar-refractivity contribution in [1.29, 1.82) is 0 Å². The molecule has 110 valence electrons. The molecule has 0 saturated heterocycles. The number of ether oxygens (including phenoxy) is 1. The molecule has 1 aromatic heterocycles. The second kappa shape index (κ2) is 6.35. The van der Waals surface area contributed by atoms with E-state index in [0.29, 0.717) is 11.2 Å². The fourth-order valence-electron chi connectivity index (χ4n) is 1.95. The maximum atomic E-state index is 13.4. The molecule has 1 heterocycles. The van der Waals surface area contributed by atoms with Crippen LogP contribution in [0.5, 0.6) is 5.75 Å². The van der Waals surface area contributed by atoms with Gasteiger partial charge in [0.15, 0.2) is 0 Å². The fraction of sp³-hybridized carbons (Fsp3) is 0.250. The molecule has 5 heteroatoms. The standard InChI is InChI=1S/C16H17FN2O2/c1-11(2)18-15-6-4-5-9-19(15)16(20)13-10-12(17)7-8-14(13)21-3/h4-11H,1-3H3. The molecular formula is C16H17FN2O2. The molecule has 0 spiro atoms. The van der Waals surface area contributed by atoms with Crippen molar-refractivity contribution in [3.05, 3.63) is 59.5 Å². The highest BCUT2D eigenvalue weighted by molar-refractivity contribution is 5.98. The van der Waals surface area contributed by atoms with Gasteiger partial charge in [0.05, 0.1) is 12.7 Å². The Balaban J connectivity index is 2.59. The van der Waals surface area contributed by atoms with Gasteiger partial charge in [-0.3, -0.25) is 14.4 Å². The summed E-state index contributed by atoms with van der Waals surface area (Å²) in [7, 11) is 1.44. The molecule has 0 fully saturated rings. The molecule has 1 aromatic carbocycles. The van der Waals surface area contributed by atoms with E-state index in [4.69, 9.17) is 4.74 Å². The number of aromatic nitrogens is 1. The summed E-state index contributed by atoms with van der Waals surface area (Å²) in [5, 5.41) is 0.